The van der Waals surface area contributed by atoms with Crippen molar-refractivity contribution in [2.24, 2.45) is 5.73 Å². The van der Waals surface area contributed by atoms with Crippen LogP contribution in [-0.4, -0.2) is 6.54 Å². The maximum atomic E-state index is 5.66. The van der Waals surface area contributed by atoms with E-state index in [9.17, 15) is 0 Å². The Kier molecular flexibility index (Phi) is 3.92. The second-order valence-electron chi connectivity index (χ2n) is 4.09. The highest BCUT2D eigenvalue weighted by molar-refractivity contribution is 7.99. The van der Waals surface area contributed by atoms with E-state index >= 15 is 0 Å². The molecule has 0 spiro atoms. The summed E-state index contributed by atoms with van der Waals surface area (Å²) in [4.78, 5) is 2.44. The smallest absolute Gasteiger partial charge is 0.114 e. The Hall–Kier alpha value is -1.19. The van der Waals surface area contributed by atoms with Gasteiger partial charge in [-0.25, -0.2) is 0 Å². The zero-order valence-electron chi connectivity index (χ0n) is 10.2. The third-order valence-corrected chi connectivity index (χ3v) is 3.92. The first-order valence-electron chi connectivity index (χ1n) is 5.72. The third kappa shape index (κ3) is 2.93. The van der Waals surface area contributed by atoms with Gasteiger partial charge in [0.05, 0.1) is 11.2 Å². The molecular weight excluding hydrogens is 230 g/mol. The number of benzene rings is 1. The van der Waals surface area contributed by atoms with Crippen LogP contribution in [0, 0.1) is 13.8 Å². The summed E-state index contributed by atoms with van der Waals surface area (Å²) in [7, 11) is 0. The molecule has 1 heterocycles. The molecule has 0 amide bonds. The van der Waals surface area contributed by atoms with Gasteiger partial charge in [0, 0.05) is 4.90 Å². The topological polar surface area (TPSA) is 39.2 Å². The Morgan fingerprint density at radius 3 is 2.65 bits per heavy atom. The van der Waals surface area contributed by atoms with Gasteiger partial charge >= 0.3 is 0 Å². The van der Waals surface area contributed by atoms with Gasteiger partial charge in [-0.3, -0.25) is 0 Å². The lowest BCUT2D eigenvalue weighted by Crippen LogP contribution is -2.04. The molecule has 2 N–H and O–H groups in total. The van der Waals surface area contributed by atoms with E-state index in [1.165, 1.54) is 20.9 Å². The zero-order chi connectivity index (χ0) is 12.3. The number of rotatable bonds is 4. The molecule has 1 aromatic carbocycles. The highest BCUT2D eigenvalue weighted by Gasteiger charge is 2.08. The molecule has 0 saturated heterocycles. The molecule has 0 bridgehead atoms. The maximum absolute atomic E-state index is 5.66. The van der Waals surface area contributed by atoms with Crippen LogP contribution in [0.4, 0.5) is 0 Å². The summed E-state index contributed by atoms with van der Waals surface area (Å²) in [5.74, 6) is 0.967. The molecular formula is C14H17NOS. The van der Waals surface area contributed by atoms with Crippen LogP contribution in [0.3, 0.4) is 0 Å². The van der Waals surface area contributed by atoms with Gasteiger partial charge in [-0.15, -0.1) is 0 Å². The number of furan rings is 1. The lowest BCUT2D eigenvalue weighted by molar-refractivity contribution is 0.527. The van der Waals surface area contributed by atoms with E-state index in [1.54, 1.807) is 18.0 Å². The molecule has 0 aliphatic rings. The molecule has 2 nitrogen and oxygen atoms in total. The molecule has 0 unspecified atom stereocenters. The third-order valence-electron chi connectivity index (χ3n) is 2.66. The Balaban J connectivity index is 2.29. The number of aryl methyl sites for hydroxylation is 2. The van der Waals surface area contributed by atoms with Crippen molar-refractivity contribution in [3.8, 4) is 0 Å². The number of hydrogen-bond donors (Lipinski definition) is 1. The van der Waals surface area contributed by atoms with Crippen LogP contribution in [0.2, 0.25) is 0 Å². The molecule has 3 heteroatoms. The number of hydrogen-bond acceptors (Lipinski definition) is 3. The second kappa shape index (κ2) is 5.43. The highest BCUT2D eigenvalue weighted by Crippen LogP contribution is 2.33. The monoisotopic (exact) mass is 247 g/mol. The molecule has 0 fully saturated rings. The summed E-state index contributed by atoms with van der Waals surface area (Å²) in [6, 6.07) is 8.52. The first kappa shape index (κ1) is 12.3. The van der Waals surface area contributed by atoms with Gasteiger partial charge in [0.25, 0.3) is 0 Å². The quantitative estimate of drug-likeness (QED) is 0.898. The van der Waals surface area contributed by atoms with Crippen LogP contribution < -0.4 is 5.73 Å². The van der Waals surface area contributed by atoms with Crippen LogP contribution in [0.5, 0.6) is 0 Å². The van der Waals surface area contributed by atoms with Crippen molar-refractivity contribution in [3.63, 3.8) is 0 Å². The van der Waals surface area contributed by atoms with Crippen LogP contribution in [0.15, 0.2) is 44.7 Å². The molecule has 0 aliphatic carbocycles. The summed E-state index contributed by atoms with van der Waals surface area (Å²) >= 11 is 1.75. The molecule has 17 heavy (non-hydrogen) atoms. The molecule has 0 radical (unpaired) electrons. The minimum Gasteiger partial charge on any atom is -0.468 e. The Labute approximate surface area is 106 Å². The molecule has 0 aliphatic heterocycles. The first-order valence-corrected chi connectivity index (χ1v) is 6.54. The van der Waals surface area contributed by atoms with Crippen molar-refractivity contribution in [1.29, 1.82) is 0 Å². The maximum Gasteiger partial charge on any atom is 0.114 e. The predicted molar refractivity (Wildman–Crippen MR) is 71.5 cm³/mol. The van der Waals surface area contributed by atoms with Crippen molar-refractivity contribution < 1.29 is 4.42 Å². The first-order chi connectivity index (χ1) is 8.20. The fourth-order valence-electron chi connectivity index (χ4n) is 1.76. The lowest BCUT2D eigenvalue weighted by Gasteiger charge is -2.08. The molecule has 2 aromatic rings. The van der Waals surface area contributed by atoms with E-state index in [-0.39, 0.29) is 0 Å². The van der Waals surface area contributed by atoms with Gasteiger partial charge < -0.3 is 10.2 Å². The molecule has 0 saturated carbocycles. The van der Waals surface area contributed by atoms with Gasteiger partial charge in [-0.05, 0) is 44.5 Å². The van der Waals surface area contributed by atoms with Crippen molar-refractivity contribution in [2.75, 3.05) is 6.54 Å². The summed E-state index contributed by atoms with van der Waals surface area (Å²) in [6.07, 6.45) is 2.65. The van der Waals surface area contributed by atoms with Crippen molar-refractivity contribution >= 4 is 11.8 Å². The van der Waals surface area contributed by atoms with Crippen molar-refractivity contribution in [1.82, 2.24) is 0 Å². The molecule has 90 valence electrons. The SMILES string of the molecule is Cc1ccc(Sc2ccoc2C)c(CCN)c1. The van der Waals surface area contributed by atoms with E-state index in [2.05, 4.69) is 25.1 Å². The van der Waals surface area contributed by atoms with E-state index in [1.807, 2.05) is 13.0 Å². The largest absolute Gasteiger partial charge is 0.468 e. The van der Waals surface area contributed by atoms with E-state index in [0.29, 0.717) is 6.54 Å². The normalized spacial score (nSPS) is 10.8. The average molecular weight is 247 g/mol. The lowest BCUT2D eigenvalue weighted by atomic mass is 10.1. The zero-order valence-corrected chi connectivity index (χ0v) is 11.0. The van der Waals surface area contributed by atoms with Crippen LogP contribution in [0.1, 0.15) is 16.9 Å². The Bertz CT molecular complexity index is 505. The van der Waals surface area contributed by atoms with Crippen molar-refractivity contribution in [3.05, 3.63) is 47.4 Å². The average Bonchev–Trinajstić information content (AvgIpc) is 2.69. The molecule has 1 aromatic heterocycles. The fraction of sp³-hybridized carbons (Fsp3) is 0.286. The van der Waals surface area contributed by atoms with Crippen LogP contribution in [-0.2, 0) is 6.42 Å². The van der Waals surface area contributed by atoms with Gasteiger partial charge in [-0.1, -0.05) is 29.5 Å². The Morgan fingerprint density at radius 2 is 2.00 bits per heavy atom. The Morgan fingerprint density at radius 1 is 1.18 bits per heavy atom. The summed E-state index contributed by atoms with van der Waals surface area (Å²) in [6.45, 7) is 4.78. The molecule has 2 rings (SSSR count). The predicted octanol–water partition coefficient (Wildman–Crippen LogP) is 3.55. The van der Waals surface area contributed by atoms with Gasteiger partial charge in [0.1, 0.15) is 5.76 Å². The minimum absolute atomic E-state index is 0.682. The summed E-state index contributed by atoms with van der Waals surface area (Å²) in [5, 5.41) is 0. The highest BCUT2D eigenvalue weighted by atomic mass is 32.2. The standard InChI is InChI=1S/C14H17NOS/c1-10-3-4-14(12(9-10)5-7-15)17-13-6-8-16-11(13)2/h3-4,6,8-9H,5,7,15H2,1-2H3. The minimum atomic E-state index is 0.682. The summed E-state index contributed by atoms with van der Waals surface area (Å²) in [5.41, 5.74) is 8.25. The fourth-order valence-corrected chi connectivity index (χ4v) is 2.74. The van der Waals surface area contributed by atoms with Gasteiger partial charge in [0.15, 0.2) is 0 Å². The number of nitrogens with two attached hydrogens (primary N) is 1. The van der Waals surface area contributed by atoms with Gasteiger partial charge in [0.2, 0.25) is 0 Å². The molecule has 0 atom stereocenters. The van der Waals surface area contributed by atoms with E-state index < -0.39 is 0 Å². The van der Waals surface area contributed by atoms with E-state index in [0.717, 1.165) is 12.2 Å². The van der Waals surface area contributed by atoms with Crippen LogP contribution >= 0.6 is 11.8 Å². The van der Waals surface area contributed by atoms with Crippen molar-refractivity contribution in [2.45, 2.75) is 30.1 Å². The van der Waals surface area contributed by atoms with Gasteiger partial charge in [-0.2, -0.15) is 0 Å². The van der Waals surface area contributed by atoms with E-state index in [4.69, 9.17) is 10.2 Å². The second-order valence-corrected chi connectivity index (χ2v) is 5.18. The van der Waals surface area contributed by atoms with Crippen LogP contribution in [0.25, 0.3) is 0 Å². The summed E-state index contributed by atoms with van der Waals surface area (Å²) < 4.78 is 5.31.